The zero-order chi connectivity index (χ0) is 14.1. The summed E-state index contributed by atoms with van der Waals surface area (Å²) < 4.78 is 0. The molecule has 0 atom stereocenters. The number of hydrogen-bond acceptors (Lipinski definition) is 2. The number of rotatable bonds is 3. The van der Waals surface area contributed by atoms with Crippen LogP contribution < -0.4 is 5.73 Å². The maximum Gasteiger partial charge on any atom is 0.217 e. The summed E-state index contributed by atoms with van der Waals surface area (Å²) in [6.07, 6.45) is 0.972. The maximum absolute atomic E-state index is 10.9. The first-order valence-corrected chi connectivity index (χ1v) is 6.25. The number of amides is 1. The Bertz CT molecular complexity index is 470. The fraction of sp³-hybridized carbons (Fsp3) is 0.533. The Kier molecular flexibility index (Phi) is 4.05. The summed E-state index contributed by atoms with van der Waals surface area (Å²) in [5.41, 5.74) is 9.02. The Hall–Kier alpha value is -1.51. The van der Waals surface area contributed by atoms with Gasteiger partial charge in [0.2, 0.25) is 5.91 Å². The van der Waals surface area contributed by atoms with Crippen molar-refractivity contribution in [2.24, 2.45) is 5.73 Å². The molecule has 0 saturated carbocycles. The Morgan fingerprint density at radius 2 is 1.83 bits per heavy atom. The van der Waals surface area contributed by atoms with Crippen LogP contribution in [-0.4, -0.2) is 11.0 Å². The van der Waals surface area contributed by atoms with Crippen LogP contribution in [0.4, 0.5) is 0 Å². The van der Waals surface area contributed by atoms with E-state index in [1.807, 2.05) is 19.9 Å². The molecule has 18 heavy (non-hydrogen) atoms. The summed E-state index contributed by atoms with van der Waals surface area (Å²) in [5.74, 6) is 0.0697. The van der Waals surface area contributed by atoms with E-state index in [0.717, 1.165) is 22.3 Å². The van der Waals surface area contributed by atoms with Gasteiger partial charge in [0.05, 0.1) is 0 Å². The largest absolute Gasteiger partial charge is 0.507 e. The molecular weight excluding hydrogens is 226 g/mol. The number of nitrogens with two attached hydrogens (primary N) is 1. The summed E-state index contributed by atoms with van der Waals surface area (Å²) in [4.78, 5) is 10.9. The first-order valence-electron chi connectivity index (χ1n) is 6.25. The molecule has 1 aromatic carbocycles. The third-order valence-electron chi connectivity index (χ3n) is 3.42. The van der Waals surface area contributed by atoms with Gasteiger partial charge in [-0.05, 0) is 47.9 Å². The van der Waals surface area contributed by atoms with Crippen molar-refractivity contribution in [3.63, 3.8) is 0 Å². The van der Waals surface area contributed by atoms with Crippen LogP contribution in [0.25, 0.3) is 0 Å². The van der Waals surface area contributed by atoms with Gasteiger partial charge in [-0.2, -0.15) is 0 Å². The normalized spacial score (nSPS) is 11.6. The van der Waals surface area contributed by atoms with Crippen molar-refractivity contribution < 1.29 is 9.90 Å². The third kappa shape index (κ3) is 3.03. The molecular formula is C15H23NO2. The summed E-state index contributed by atoms with van der Waals surface area (Å²) in [5, 5.41) is 10.2. The number of primary amides is 1. The zero-order valence-corrected chi connectivity index (χ0v) is 11.9. The van der Waals surface area contributed by atoms with E-state index < -0.39 is 0 Å². The van der Waals surface area contributed by atoms with Gasteiger partial charge in [-0.1, -0.05) is 26.8 Å². The van der Waals surface area contributed by atoms with E-state index in [1.165, 1.54) is 0 Å². The lowest BCUT2D eigenvalue weighted by Gasteiger charge is -2.24. The van der Waals surface area contributed by atoms with E-state index in [1.54, 1.807) is 0 Å². The molecule has 0 fully saturated rings. The number of aryl methyl sites for hydroxylation is 1. The Labute approximate surface area is 109 Å². The average Bonchev–Trinajstić information content (AvgIpc) is 2.23. The number of benzene rings is 1. The van der Waals surface area contributed by atoms with E-state index in [4.69, 9.17) is 5.73 Å². The molecule has 0 aliphatic carbocycles. The smallest absolute Gasteiger partial charge is 0.217 e. The molecule has 0 aliphatic rings. The van der Waals surface area contributed by atoms with E-state index in [9.17, 15) is 9.90 Å². The molecule has 1 rings (SSSR count). The van der Waals surface area contributed by atoms with E-state index in [-0.39, 0.29) is 11.3 Å². The van der Waals surface area contributed by atoms with Crippen LogP contribution in [-0.2, 0) is 16.6 Å². The van der Waals surface area contributed by atoms with Gasteiger partial charge < -0.3 is 10.8 Å². The van der Waals surface area contributed by atoms with Crippen LogP contribution in [0.2, 0.25) is 0 Å². The van der Waals surface area contributed by atoms with E-state index >= 15 is 0 Å². The Balaban J connectivity index is 3.28. The lowest BCUT2D eigenvalue weighted by Crippen LogP contribution is -2.15. The minimum atomic E-state index is -0.294. The molecule has 0 aliphatic heterocycles. The number of phenolic OH excluding ortho intramolecular Hbond substituents is 1. The van der Waals surface area contributed by atoms with Crippen LogP contribution in [0.15, 0.2) is 6.07 Å². The van der Waals surface area contributed by atoms with Crippen molar-refractivity contribution in [2.75, 3.05) is 0 Å². The van der Waals surface area contributed by atoms with Crippen molar-refractivity contribution in [1.82, 2.24) is 0 Å². The lowest BCUT2D eigenvalue weighted by atomic mass is 9.82. The van der Waals surface area contributed by atoms with Gasteiger partial charge in [0.15, 0.2) is 0 Å². The molecule has 0 aromatic heterocycles. The molecule has 0 radical (unpaired) electrons. The van der Waals surface area contributed by atoms with Crippen molar-refractivity contribution in [3.8, 4) is 5.75 Å². The number of carbonyl (C=O) groups is 1. The predicted molar refractivity (Wildman–Crippen MR) is 73.8 cm³/mol. The zero-order valence-electron chi connectivity index (χ0n) is 11.9. The summed E-state index contributed by atoms with van der Waals surface area (Å²) in [7, 11) is 0. The highest BCUT2D eigenvalue weighted by Gasteiger charge is 2.21. The molecule has 3 heteroatoms. The van der Waals surface area contributed by atoms with Gasteiger partial charge in [0, 0.05) is 6.42 Å². The molecule has 100 valence electrons. The first kappa shape index (κ1) is 14.6. The monoisotopic (exact) mass is 249 g/mol. The number of carbonyl (C=O) groups excluding carboxylic acids is 1. The van der Waals surface area contributed by atoms with Crippen molar-refractivity contribution in [1.29, 1.82) is 0 Å². The standard InChI is InChI=1S/C15H23NO2/c1-9-10(2)14(18)12(15(3,4)5)8-11(9)6-7-13(16)17/h8,18H,6-7H2,1-5H3,(H2,16,17). The third-order valence-corrected chi connectivity index (χ3v) is 3.42. The molecule has 0 spiro atoms. The minimum absolute atomic E-state index is 0.121. The number of aromatic hydroxyl groups is 1. The molecule has 0 bridgehead atoms. The minimum Gasteiger partial charge on any atom is -0.507 e. The summed E-state index contributed by atoms with van der Waals surface area (Å²) in [6.45, 7) is 10.1. The molecule has 3 N–H and O–H groups in total. The summed E-state index contributed by atoms with van der Waals surface area (Å²) in [6, 6.07) is 2.00. The maximum atomic E-state index is 10.9. The van der Waals surface area contributed by atoms with E-state index in [2.05, 4.69) is 20.8 Å². The highest BCUT2D eigenvalue weighted by atomic mass is 16.3. The average molecular weight is 249 g/mol. The van der Waals surface area contributed by atoms with Crippen molar-refractivity contribution in [2.45, 2.75) is 52.9 Å². The first-order chi connectivity index (χ1) is 8.14. The van der Waals surface area contributed by atoms with Crippen LogP contribution in [0, 0.1) is 13.8 Å². The second kappa shape index (κ2) is 5.01. The lowest BCUT2D eigenvalue weighted by molar-refractivity contribution is -0.117. The second-order valence-electron chi connectivity index (χ2n) is 5.90. The molecule has 1 aromatic rings. The van der Waals surface area contributed by atoms with Crippen LogP contribution in [0.3, 0.4) is 0 Å². The molecule has 1 amide bonds. The van der Waals surface area contributed by atoms with E-state index in [0.29, 0.717) is 18.6 Å². The predicted octanol–water partition coefficient (Wildman–Crippen LogP) is 2.72. The van der Waals surface area contributed by atoms with Crippen LogP contribution in [0.1, 0.15) is 49.4 Å². The summed E-state index contributed by atoms with van der Waals surface area (Å²) >= 11 is 0. The Morgan fingerprint density at radius 1 is 1.28 bits per heavy atom. The quantitative estimate of drug-likeness (QED) is 0.865. The number of phenols is 1. The van der Waals surface area contributed by atoms with Crippen LogP contribution >= 0.6 is 0 Å². The fourth-order valence-electron chi connectivity index (χ4n) is 2.06. The molecule has 3 nitrogen and oxygen atoms in total. The SMILES string of the molecule is Cc1c(CCC(N)=O)cc(C(C)(C)C)c(O)c1C. The fourth-order valence-corrected chi connectivity index (χ4v) is 2.06. The van der Waals surface area contributed by atoms with Crippen molar-refractivity contribution in [3.05, 3.63) is 28.3 Å². The van der Waals surface area contributed by atoms with Gasteiger partial charge in [0.25, 0.3) is 0 Å². The topological polar surface area (TPSA) is 63.3 Å². The van der Waals surface area contributed by atoms with Crippen LogP contribution in [0.5, 0.6) is 5.75 Å². The van der Waals surface area contributed by atoms with Gasteiger partial charge in [-0.15, -0.1) is 0 Å². The number of hydrogen-bond donors (Lipinski definition) is 2. The molecule has 0 heterocycles. The highest BCUT2D eigenvalue weighted by molar-refractivity contribution is 5.74. The molecule has 0 saturated heterocycles. The van der Waals surface area contributed by atoms with Gasteiger partial charge in [0.1, 0.15) is 5.75 Å². The molecule has 0 unspecified atom stereocenters. The Morgan fingerprint density at radius 3 is 2.28 bits per heavy atom. The highest BCUT2D eigenvalue weighted by Crippen LogP contribution is 2.36. The van der Waals surface area contributed by atoms with Crippen molar-refractivity contribution >= 4 is 5.91 Å². The van der Waals surface area contributed by atoms with Gasteiger partial charge >= 0.3 is 0 Å². The van der Waals surface area contributed by atoms with Gasteiger partial charge in [-0.25, -0.2) is 0 Å². The second-order valence-corrected chi connectivity index (χ2v) is 5.90. The van der Waals surface area contributed by atoms with Gasteiger partial charge in [-0.3, -0.25) is 4.79 Å².